The van der Waals surface area contributed by atoms with Gasteiger partial charge in [-0.05, 0) is 65.5 Å². The predicted molar refractivity (Wildman–Crippen MR) is 157 cm³/mol. The highest BCUT2D eigenvalue weighted by Gasteiger charge is 2.45. The van der Waals surface area contributed by atoms with Crippen molar-refractivity contribution in [3.05, 3.63) is 17.4 Å². The van der Waals surface area contributed by atoms with Crippen LogP contribution in [0.15, 0.2) is 12.3 Å². The molecule has 4 atom stereocenters. The van der Waals surface area contributed by atoms with Crippen molar-refractivity contribution in [3.8, 4) is 6.01 Å². The summed E-state index contributed by atoms with van der Waals surface area (Å²) in [7, 11) is 3.48. The zero-order valence-corrected chi connectivity index (χ0v) is 25.2. The zero-order valence-electron chi connectivity index (χ0n) is 24.4. The summed E-state index contributed by atoms with van der Waals surface area (Å²) < 4.78 is 25.6. The van der Waals surface area contributed by atoms with Crippen molar-refractivity contribution < 1.29 is 18.7 Å². The van der Waals surface area contributed by atoms with Gasteiger partial charge in [-0.15, -0.1) is 0 Å². The summed E-state index contributed by atoms with van der Waals surface area (Å²) in [4.78, 5) is 32.9. The number of ether oxygens (including phenoxy) is 2. The average molecular weight is 588 g/mol. The summed E-state index contributed by atoms with van der Waals surface area (Å²) in [5.74, 6) is 0.792. The highest BCUT2D eigenvalue weighted by Crippen LogP contribution is 2.40. The number of rotatable bonds is 2. The molecule has 4 unspecified atom stereocenters. The molecule has 7 heterocycles. The molecule has 3 aromatic rings. The van der Waals surface area contributed by atoms with Crippen molar-refractivity contribution in [3.63, 3.8) is 0 Å². The number of piperazine rings is 1. The average Bonchev–Trinajstić information content (AvgIpc) is 3.64. The number of methoxy groups -OCH3 is 1. The molecule has 1 amide bonds. The van der Waals surface area contributed by atoms with Gasteiger partial charge in [0.2, 0.25) is 0 Å². The number of aryl methyl sites for hydroxylation is 1. The quantitative estimate of drug-likeness (QED) is 0.389. The zero-order chi connectivity index (χ0) is 29.1. The van der Waals surface area contributed by atoms with E-state index in [0.29, 0.717) is 36.8 Å². The van der Waals surface area contributed by atoms with Crippen LogP contribution in [0.25, 0.3) is 21.9 Å². The number of alkyl halides is 1. The molecule has 3 aromatic heterocycles. The summed E-state index contributed by atoms with van der Waals surface area (Å²) >= 11 is 6.43. The summed E-state index contributed by atoms with van der Waals surface area (Å²) in [5, 5.41) is 2.28. The van der Waals surface area contributed by atoms with Crippen LogP contribution in [0.1, 0.15) is 52.9 Å². The highest BCUT2D eigenvalue weighted by molar-refractivity contribution is 6.35. The van der Waals surface area contributed by atoms with Gasteiger partial charge in [0, 0.05) is 44.3 Å². The van der Waals surface area contributed by atoms with Gasteiger partial charge in [-0.2, -0.15) is 9.97 Å². The van der Waals surface area contributed by atoms with E-state index in [1.54, 1.807) is 13.3 Å². The predicted octanol–water partition coefficient (Wildman–Crippen LogP) is 4.96. The minimum absolute atomic E-state index is 0.0693. The van der Waals surface area contributed by atoms with Crippen molar-refractivity contribution in [2.75, 3.05) is 38.2 Å². The van der Waals surface area contributed by atoms with Crippen LogP contribution in [-0.4, -0.2) is 98.6 Å². The number of halogens is 2. The normalized spacial score (nSPS) is 25.9. The minimum Gasteiger partial charge on any atom is -0.467 e. The van der Waals surface area contributed by atoms with Crippen molar-refractivity contribution in [1.82, 2.24) is 29.3 Å². The van der Waals surface area contributed by atoms with Gasteiger partial charge < -0.3 is 18.9 Å². The Labute approximate surface area is 244 Å². The molecular weight excluding hydrogens is 549 g/mol. The van der Waals surface area contributed by atoms with Crippen LogP contribution in [0.5, 0.6) is 6.01 Å². The number of hydrogen-bond donors (Lipinski definition) is 0. The molecule has 0 radical (unpaired) electrons. The monoisotopic (exact) mass is 587 g/mol. The Balaban J connectivity index is 0.000000283. The van der Waals surface area contributed by atoms with Crippen molar-refractivity contribution >= 4 is 45.4 Å². The van der Waals surface area contributed by atoms with Gasteiger partial charge in [0.15, 0.2) is 5.15 Å². The molecular formula is C29H39ClFN7O3. The number of nitrogens with zero attached hydrogens (tertiary/aromatic N) is 7. The molecule has 10 nitrogen and oxygen atoms in total. The fourth-order valence-corrected chi connectivity index (χ4v) is 7.28. The minimum atomic E-state index is -0.518. The Hall–Kier alpha value is -2.92. The third-order valence-corrected chi connectivity index (χ3v) is 8.96. The maximum atomic E-state index is 12.9. The van der Waals surface area contributed by atoms with E-state index >= 15 is 0 Å². The summed E-state index contributed by atoms with van der Waals surface area (Å²) in [6, 6.07) is 2.98. The number of carbonyl (C=O) groups is 1. The Morgan fingerprint density at radius 3 is 2.49 bits per heavy atom. The van der Waals surface area contributed by atoms with Crippen LogP contribution < -0.4 is 9.64 Å². The number of pyridine rings is 1. The van der Waals surface area contributed by atoms with Crippen LogP contribution >= 0.6 is 11.6 Å². The van der Waals surface area contributed by atoms with E-state index in [-0.39, 0.29) is 18.2 Å². The smallest absolute Gasteiger partial charge is 0.410 e. The highest BCUT2D eigenvalue weighted by atomic mass is 35.5. The standard InChI is InChI=1S/C22H27ClN6O3.C7H12FN/c1-22(2,3)32-21(30)29-12-6-7-13(29)11-28(10-12)19-15-14-8-9-24-17(23)16(14)27(4)18(15)25-20(26-19)31-5;8-6-4-7-2-1-3-9(7)5-6/h8-9,12-13H,6-7,10-11H2,1-5H3;6-7H,1-5H2. The first-order chi connectivity index (χ1) is 19.5. The molecule has 4 fully saturated rings. The molecule has 12 heteroatoms. The van der Waals surface area contributed by atoms with E-state index in [1.807, 2.05) is 43.4 Å². The Bertz CT molecular complexity index is 1430. The number of carbonyl (C=O) groups excluding carboxylic acids is 1. The summed E-state index contributed by atoms with van der Waals surface area (Å²) in [6.45, 7) is 8.88. The van der Waals surface area contributed by atoms with Gasteiger partial charge in [0.05, 0.1) is 30.1 Å². The first-order valence-corrected chi connectivity index (χ1v) is 14.9. The first-order valence-electron chi connectivity index (χ1n) is 14.5. The third-order valence-electron chi connectivity index (χ3n) is 8.68. The number of fused-ring (bicyclic) bond motifs is 6. The Morgan fingerprint density at radius 1 is 1.10 bits per heavy atom. The largest absolute Gasteiger partial charge is 0.467 e. The second-order valence-electron chi connectivity index (χ2n) is 12.6. The lowest BCUT2D eigenvalue weighted by Crippen LogP contribution is -2.57. The second-order valence-corrected chi connectivity index (χ2v) is 12.9. The van der Waals surface area contributed by atoms with E-state index in [9.17, 15) is 9.18 Å². The lowest BCUT2D eigenvalue weighted by atomic mass is 10.1. The molecule has 41 heavy (non-hydrogen) atoms. The van der Waals surface area contributed by atoms with Crippen LogP contribution in [0, 0.1) is 0 Å². The van der Waals surface area contributed by atoms with E-state index in [0.717, 1.165) is 53.6 Å². The Kier molecular flexibility index (Phi) is 7.38. The van der Waals surface area contributed by atoms with Crippen LogP contribution in [0.4, 0.5) is 15.0 Å². The van der Waals surface area contributed by atoms with Gasteiger partial charge in [0.1, 0.15) is 23.2 Å². The van der Waals surface area contributed by atoms with Crippen molar-refractivity contribution in [1.29, 1.82) is 0 Å². The van der Waals surface area contributed by atoms with E-state index in [4.69, 9.17) is 26.1 Å². The fraction of sp³-hybridized carbons (Fsp3) is 0.655. The topological polar surface area (TPSA) is 88.8 Å². The number of aromatic nitrogens is 4. The van der Waals surface area contributed by atoms with Gasteiger partial charge >= 0.3 is 12.1 Å². The summed E-state index contributed by atoms with van der Waals surface area (Å²) in [5.41, 5.74) is 1.03. The third kappa shape index (κ3) is 5.27. The van der Waals surface area contributed by atoms with Gasteiger partial charge in [-0.1, -0.05) is 11.6 Å². The molecule has 0 spiro atoms. The van der Waals surface area contributed by atoms with Gasteiger partial charge in [0.25, 0.3) is 0 Å². The van der Waals surface area contributed by atoms with Gasteiger partial charge in [-0.25, -0.2) is 14.2 Å². The van der Waals surface area contributed by atoms with Crippen molar-refractivity contribution in [2.45, 2.75) is 82.8 Å². The molecule has 4 aliphatic rings. The number of anilines is 1. The Morgan fingerprint density at radius 2 is 1.83 bits per heavy atom. The molecule has 4 saturated heterocycles. The fourth-order valence-electron chi connectivity index (χ4n) is 6.99. The van der Waals surface area contributed by atoms with E-state index in [1.165, 1.54) is 12.8 Å². The molecule has 4 aliphatic heterocycles. The molecule has 222 valence electrons. The molecule has 0 N–H and O–H groups in total. The maximum Gasteiger partial charge on any atom is 0.410 e. The first kappa shape index (κ1) is 28.2. The lowest BCUT2D eigenvalue weighted by Gasteiger charge is -2.42. The molecule has 2 bridgehead atoms. The van der Waals surface area contributed by atoms with Crippen LogP contribution in [0.2, 0.25) is 5.15 Å². The summed E-state index contributed by atoms with van der Waals surface area (Å²) in [6.07, 6.45) is 6.15. The molecule has 7 rings (SSSR count). The molecule has 0 aromatic carbocycles. The molecule has 0 aliphatic carbocycles. The van der Waals surface area contributed by atoms with Crippen LogP contribution in [0.3, 0.4) is 0 Å². The SMILES string of the molecule is COc1nc(N2CC3CCC(C2)N3C(=O)OC(C)(C)C)c2c3ccnc(Cl)c3n(C)c2n1.FC1CC2CCCN2C1. The van der Waals surface area contributed by atoms with E-state index < -0.39 is 11.8 Å². The van der Waals surface area contributed by atoms with Gasteiger partial charge in [-0.3, -0.25) is 9.80 Å². The van der Waals surface area contributed by atoms with Crippen LogP contribution in [-0.2, 0) is 11.8 Å². The number of hydrogen-bond acceptors (Lipinski definition) is 8. The number of amides is 1. The van der Waals surface area contributed by atoms with Crippen molar-refractivity contribution in [2.24, 2.45) is 7.05 Å². The lowest BCUT2D eigenvalue weighted by molar-refractivity contribution is 0.0123. The maximum absolute atomic E-state index is 12.9. The van der Waals surface area contributed by atoms with E-state index in [2.05, 4.69) is 19.8 Å². The second kappa shape index (κ2) is 10.7. The molecule has 0 saturated carbocycles.